The molecule has 3 nitrogen and oxygen atoms in total. The number of methoxy groups -OCH3 is 1. The van der Waals surface area contributed by atoms with Gasteiger partial charge in [-0.15, -0.1) is 0 Å². The Bertz CT molecular complexity index is 893. The fourth-order valence-electron chi connectivity index (χ4n) is 6.52. The highest BCUT2D eigenvalue weighted by atomic mass is 16.5. The minimum absolute atomic E-state index is 0.126. The van der Waals surface area contributed by atoms with E-state index in [0.717, 1.165) is 34.8 Å². The molecule has 6 rings (SSSR count). The Morgan fingerprint density at radius 2 is 1.59 bits per heavy atom. The highest BCUT2D eigenvalue weighted by molar-refractivity contribution is 6.02. The van der Waals surface area contributed by atoms with Gasteiger partial charge in [-0.2, -0.15) is 0 Å². The van der Waals surface area contributed by atoms with Gasteiger partial charge in [0.1, 0.15) is 5.75 Å². The van der Waals surface area contributed by atoms with Crippen LogP contribution >= 0.6 is 0 Å². The standard InChI is InChI=1S/C26H29NO2/c1-29-24-5-3-2-4-21(24)6-11-25(28)27-23-9-7-22(8-10-23)26-15-18-12-19(16-26)14-20(13-18)17-26/h2-11,18-20H,12-17H2,1H3,(H,27,28)/b11-6+. The fraction of sp³-hybridized carbons (Fsp3) is 0.423. The van der Waals surface area contributed by atoms with Crippen molar-refractivity contribution in [3.05, 3.63) is 65.7 Å². The molecule has 0 radical (unpaired) electrons. The maximum atomic E-state index is 12.4. The minimum Gasteiger partial charge on any atom is -0.496 e. The number of nitrogens with one attached hydrogen (secondary N) is 1. The molecule has 29 heavy (non-hydrogen) atoms. The first kappa shape index (κ1) is 18.5. The Hall–Kier alpha value is -2.55. The van der Waals surface area contributed by atoms with Crippen LogP contribution in [0, 0.1) is 17.8 Å². The molecule has 2 aromatic rings. The van der Waals surface area contributed by atoms with Crippen LogP contribution in [0.4, 0.5) is 5.69 Å². The highest BCUT2D eigenvalue weighted by Gasteiger charge is 2.51. The molecule has 0 aromatic heterocycles. The second-order valence-electron chi connectivity index (χ2n) is 9.34. The van der Waals surface area contributed by atoms with Crippen LogP contribution in [0.1, 0.15) is 49.7 Å². The van der Waals surface area contributed by atoms with Gasteiger partial charge < -0.3 is 10.1 Å². The number of ether oxygens (including phenoxy) is 1. The Labute approximate surface area is 173 Å². The van der Waals surface area contributed by atoms with Crippen LogP contribution in [-0.4, -0.2) is 13.0 Å². The van der Waals surface area contributed by atoms with E-state index in [4.69, 9.17) is 4.74 Å². The zero-order chi connectivity index (χ0) is 19.8. The van der Waals surface area contributed by atoms with Crippen molar-refractivity contribution in [2.45, 2.75) is 43.9 Å². The van der Waals surface area contributed by atoms with Crippen molar-refractivity contribution >= 4 is 17.7 Å². The number of hydrogen-bond donors (Lipinski definition) is 1. The molecule has 4 bridgehead atoms. The number of amides is 1. The van der Waals surface area contributed by atoms with Crippen molar-refractivity contribution in [2.75, 3.05) is 12.4 Å². The summed E-state index contributed by atoms with van der Waals surface area (Å²) in [5.41, 5.74) is 3.63. The van der Waals surface area contributed by atoms with Crippen LogP contribution in [0.2, 0.25) is 0 Å². The van der Waals surface area contributed by atoms with Crippen molar-refractivity contribution in [1.82, 2.24) is 0 Å². The van der Waals surface area contributed by atoms with Crippen molar-refractivity contribution in [2.24, 2.45) is 17.8 Å². The van der Waals surface area contributed by atoms with Crippen LogP contribution in [-0.2, 0) is 10.2 Å². The average molecular weight is 388 g/mol. The van der Waals surface area contributed by atoms with Gasteiger partial charge in [-0.1, -0.05) is 30.3 Å². The predicted octanol–water partition coefficient (Wildman–Crippen LogP) is 5.81. The normalized spacial score (nSPS) is 29.9. The number of rotatable bonds is 5. The molecule has 4 fully saturated rings. The van der Waals surface area contributed by atoms with Gasteiger partial charge in [0, 0.05) is 17.3 Å². The molecule has 0 unspecified atom stereocenters. The summed E-state index contributed by atoms with van der Waals surface area (Å²) in [6.45, 7) is 0. The lowest BCUT2D eigenvalue weighted by Gasteiger charge is -2.57. The molecular formula is C26H29NO2. The first-order valence-corrected chi connectivity index (χ1v) is 10.9. The van der Waals surface area contributed by atoms with Crippen LogP contribution < -0.4 is 10.1 Å². The molecule has 2 aromatic carbocycles. The lowest BCUT2D eigenvalue weighted by atomic mass is 9.48. The van der Waals surface area contributed by atoms with E-state index in [2.05, 4.69) is 29.6 Å². The van der Waals surface area contributed by atoms with Gasteiger partial charge in [0.05, 0.1) is 7.11 Å². The molecule has 4 saturated carbocycles. The molecule has 0 heterocycles. The second kappa shape index (κ2) is 7.37. The van der Waals surface area contributed by atoms with Crippen molar-refractivity contribution < 1.29 is 9.53 Å². The van der Waals surface area contributed by atoms with E-state index in [1.165, 1.54) is 44.1 Å². The van der Waals surface area contributed by atoms with Gasteiger partial charge in [-0.25, -0.2) is 0 Å². The molecule has 3 heteroatoms. The van der Waals surface area contributed by atoms with Gasteiger partial charge >= 0.3 is 0 Å². The number of hydrogen-bond acceptors (Lipinski definition) is 2. The fourth-order valence-corrected chi connectivity index (χ4v) is 6.52. The molecule has 1 amide bonds. The predicted molar refractivity (Wildman–Crippen MR) is 117 cm³/mol. The molecule has 0 saturated heterocycles. The molecule has 0 aliphatic heterocycles. The number of carbonyl (C=O) groups is 1. The minimum atomic E-state index is -0.126. The molecule has 0 spiro atoms. The second-order valence-corrected chi connectivity index (χ2v) is 9.34. The highest BCUT2D eigenvalue weighted by Crippen LogP contribution is 2.60. The Balaban J connectivity index is 1.26. The van der Waals surface area contributed by atoms with Gasteiger partial charge in [-0.05, 0) is 91.5 Å². The van der Waals surface area contributed by atoms with E-state index in [-0.39, 0.29) is 5.91 Å². The van der Waals surface area contributed by atoms with E-state index in [1.807, 2.05) is 24.3 Å². The van der Waals surface area contributed by atoms with Crippen molar-refractivity contribution in [3.8, 4) is 5.75 Å². The Morgan fingerprint density at radius 3 is 2.21 bits per heavy atom. The van der Waals surface area contributed by atoms with Crippen molar-refractivity contribution in [3.63, 3.8) is 0 Å². The third-order valence-corrected chi connectivity index (χ3v) is 7.36. The average Bonchev–Trinajstić information content (AvgIpc) is 2.72. The molecule has 4 aliphatic carbocycles. The number of anilines is 1. The summed E-state index contributed by atoms with van der Waals surface area (Å²) in [4.78, 5) is 12.4. The SMILES string of the molecule is COc1ccccc1/C=C/C(=O)Nc1ccc(C23CC4CC(CC(C4)C2)C3)cc1. The van der Waals surface area contributed by atoms with Crippen LogP contribution in [0.3, 0.4) is 0 Å². The molecular weight excluding hydrogens is 358 g/mol. The number of para-hydroxylation sites is 1. The van der Waals surface area contributed by atoms with Crippen LogP contribution in [0.25, 0.3) is 6.08 Å². The maximum absolute atomic E-state index is 12.4. The molecule has 1 N–H and O–H groups in total. The van der Waals surface area contributed by atoms with Crippen LogP contribution in [0.15, 0.2) is 54.6 Å². The van der Waals surface area contributed by atoms with E-state index in [1.54, 1.807) is 19.3 Å². The summed E-state index contributed by atoms with van der Waals surface area (Å²) in [5, 5.41) is 2.98. The molecule has 150 valence electrons. The third-order valence-electron chi connectivity index (χ3n) is 7.36. The molecule has 4 aliphatic rings. The van der Waals surface area contributed by atoms with Gasteiger partial charge in [0.2, 0.25) is 5.91 Å². The smallest absolute Gasteiger partial charge is 0.248 e. The van der Waals surface area contributed by atoms with E-state index in [0.29, 0.717) is 5.41 Å². The topological polar surface area (TPSA) is 38.3 Å². The Morgan fingerprint density at radius 1 is 0.966 bits per heavy atom. The first-order valence-electron chi connectivity index (χ1n) is 10.9. The van der Waals surface area contributed by atoms with Gasteiger partial charge in [0.25, 0.3) is 0 Å². The monoisotopic (exact) mass is 387 g/mol. The van der Waals surface area contributed by atoms with Crippen molar-refractivity contribution in [1.29, 1.82) is 0 Å². The first-order chi connectivity index (χ1) is 14.1. The summed E-state index contributed by atoms with van der Waals surface area (Å²) in [6.07, 6.45) is 11.8. The van der Waals surface area contributed by atoms with Crippen LogP contribution in [0.5, 0.6) is 5.75 Å². The zero-order valence-electron chi connectivity index (χ0n) is 17.1. The van der Waals surface area contributed by atoms with E-state index in [9.17, 15) is 4.79 Å². The lowest BCUT2D eigenvalue weighted by Crippen LogP contribution is -2.48. The largest absolute Gasteiger partial charge is 0.496 e. The summed E-state index contributed by atoms with van der Waals surface area (Å²) >= 11 is 0. The molecule has 0 atom stereocenters. The number of carbonyl (C=O) groups excluding carboxylic acids is 1. The number of benzene rings is 2. The zero-order valence-corrected chi connectivity index (χ0v) is 17.1. The van der Waals surface area contributed by atoms with Gasteiger partial charge in [-0.3, -0.25) is 4.79 Å². The Kier molecular flexibility index (Phi) is 4.69. The lowest BCUT2D eigenvalue weighted by molar-refractivity contribution is -0.111. The summed E-state index contributed by atoms with van der Waals surface area (Å²) in [6, 6.07) is 16.3. The third kappa shape index (κ3) is 3.59. The van der Waals surface area contributed by atoms with Gasteiger partial charge in [0.15, 0.2) is 0 Å². The summed E-state index contributed by atoms with van der Waals surface area (Å²) in [5.74, 6) is 3.47. The van der Waals surface area contributed by atoms with E-state index < -0.39 is 0 Å². The summed E-state index contributed by atoms with van der Waals surface area (Å²) in [7, 11) is 1.64. The summed E-state index contributed by atoms with van der Waals surface area (Å²) < 4.78 is 5.33. The van der Waals surface area contributed by atoms with E-state index >= 15 is 0 Å². The maximum Gasteiger partial charge on any atom is 0.248 e. The quantitative estimate of drug-likeness (QED) is 0.657.